The van der Waals surface area contributed by atoms with E-state index in [0.717, 1.165) is 44.4 Å². The molecule has 0 unspecified atom stereocenters. The zero-order chi connectivity index (χ0) is 14.8. The lowest BCUT2D eigenvalue weighted by Gasteiger charge is -2.13. The van der Waals surface area contributed by atoms with Gasteiger partial charge in [-0.3, -0.25) is 0 Å². The summed E-state index contributed by atoms with van der Waals surface area (Å²) in [6, 6.07) is 6.38. The molecule has 1 aromatic rings. The average molecular weight is 279 g/mol. The van der Waals surface area contributed by atoms with E-state index in [9.17, 15) is 0 Å². The molecule has 1 rings (SSSR count). The van der Waals surface area contributed by atoms with Gasteiger partial charge in [-0.1, -0.05) is 31.5 Å². The quantitative estimate of drug-likeness (QED) is 0.664. The Morgan fingerprint density at radius 3 is 2.70 bits per heavy atom. The molecular weight excluding hydrogens is 250 g/mol. The number of nitrogens with one attached hydrogen (secondary N) is 1. The molecule has 20 heavy (non-hydrogen) atoms. The van der Waals surface area contributed by atoms with E-state index in [2.05, 4.69) is 44.3 Å². The molecule has 0 bridgehead atoms. The Morgan fingerprint density at radius 1 is 1.20 bits per heavy atom. The highest BCUT2D eigenvalue weighted by molar-refractivity contribution is 5.36. The van der Waals surface area contributed by atoms with Crippen LogP contribution < -0.4 is 10.1 Å². The number of methoxy groups -OCH3 is 1. The molecule has 1 aromatic carbocycles. The molecule has 114 valence electrons. The summed E-state index contributed by atoms with van der Waals surface area (Å²) in [6.07, 6.45) is 2.33. The number of ether oxygens (including phenoxy) is 2. The van der Waals surface area contributed by atoms with E-state index in [0.29, 0.717) is 0 Å². The van der Waals surface area contributed by atoms with Crippen LogP contribution in [0.1, 0.15) is 37.8 Å². The highest BCUT2D eigenvalue weighted by Crippen LogP contribution is 2.20. The highest BCUT2D eigenvalue weighted by Gasteiger charge is 2.04. The van der Waals surface area contributed by atoms with Crippen molar-refractivity contribution in [1.29, 1.82) is 0 Å². The molecule has 0 saturated carbocycles. The van der Waals surface area contributed by atoms with Crippen molar-refractivity contribution in [2.24, 2.45) is 5.92 Å². The summed E-state index contributed by atoms with van der Waals surface area (Å²) < 4.78 is 11.0. The van der Waals surface area contributed by atoms with Gasteiger partial charge in [-0.2, -0.15) is 0 Å². The molecule has 0 aliphatic rings. The van der Waals surface area contributed by atoms with Crippen molar-refractivity contribution in [1.82, 2.24) is 5.32 Å². The molecule has 0 aliphatic carbocycles. The van der Waals surface area contributed by atoms with Gasteiger partial charge in [0.15, 0.2) is 0 Å². The van der Waals surface area contributed by atoms with Crippen molar-refractivity contribution in [3.05, 3.63) is 29.3 Å². The number of rotatable bonds is 10. The van der Waals surface area contributed by atoms with Crippen LogP contribution >= 0.6 is 0 Å². The normalized spacial score (nSPS) is 11.1. The lowest BCUT2D eigenvalue weighted by atomic mass is 10.1. The molecule has 3 heteroatoms. The Kier molecular flexibility index (Phi) is 8.31. The molecule has 0 heterocycles. The van der Waals surface area contributed by atoms with Crippen LogP contribution in [0.5, 0.6) is 5.75 Å². The lowest BCUT2D eigenvalue weighted by molar-refractivity contribution is 0.199. The first-order valence-electron chi connectivity index (χ1n) is 7.55. The Bertz CT molecular complexity index is 377. The lowest BCUT2D eigenvalue weighted by Crippen LogP contribution is -2.19. The summed E-state index contributed by atoms with van der Waals surface area (Å²) in [5, 5.41) is 3.37. The van der Waals surface area contributed by atoms with Crippen LogP contribution in [0.15, 0.2) is 18.2 Å². The topological polar surface area (TPSA) is 30.5 Å². The minimum absolute atomic E-state index is 0.733. The van der Waals surface area contributed by atoms with Gasteiger partial charge in [0, 0.05) is 25.8 Å². The maximum Gasteiger partial charge on any atom is 0.123 e. The Balaban J connectivity index is 2.47. The second-order valence-electron chi connectivity index (χ2n) is 5.67. The third kappa shape index (κ3) is 6.92. The first kappa shape index (κ1) is 17.0. The SMILES string of the molecule is COCCNCc1cc(C)ccc1OCCCC(C)C. The Labute approximate surface area is 123 Å². The fourth-order valence-corrected chi connectivity index (χ4v) is 2.06. The van der Waals surface area contributed by atoms with Crippen molar-refractivity contribution in [3.63, 3.8) is 0 Å². The van der Waals surface area contributed by atoms with Crippen LogP contribution in [-0.4, -0.2) is 26.9 Å². The largest absolute Gasteiger partial charge is 0.493 e. The number of hydrogen-bond acceptors (Lipinski definition) is 3. The Morgan fingerprint density at radius 2 is 2.00 bits per heavy atom. The average Bonchev–Trinajstić information content (AvgIpc) is 2.41. The third-order valence-electron chi connectivity index (χ3n) is 3.20. The van der Waals surface area contributed by atoms with Gasteiger partial charge >= 0.3 is 0 Å². The van der Waals surface area contributed by atoms with Crippen molar-refractivity contribution in [2.75, 3.05) is 26.9 Å². The maximum atomic E-state index is 5.93. The molecule has 3 nitrogen and oxygen atoms in total. The summed E-state index contributed by atoms with van der Waals surface area (Å²) in [5.41, 5.74) is 2.49. The van der Waals surface area contributed by atoms with E-state index in [1.54, 1.807) is 7.11 Å². The number of benzene rings is 1. The number of aryl methyl sites for hydroxylation is 1. The molecule has 0 saturated heterocycles. The monoisotopic (exact) mass is 279 g/mol. The van der Waals surface area contributed by atoms with E-state index >= 15 is 0 Å². The highest BCUT2D eigenvalue weighted by atomic mass is 16.5. The van der Waals surface area contributed by atoms with Crippen molar-refractivity contribution >= 4 is 0 Å². The Hall–Kier alpha value is -1.06. The molecule has 0 spiro atoms. The fraction of sp³-hybridized carbons (Fsp3) is 0.647. The van der Waals surface area contributed by atoms with Crippen LogP contribution in [0, 0.1) is 12.8 Å². The summed E-state index contributed by atoms with van der Waals surface area (Å²) in [7, 11) is 1.72. The summed E-state index contributed by atoms with van der Waals surface area (Å²) in [5.74, 6) is 1.75. The van der Waals surface area contributed by atoms with Crippen LogP contribution in [0.4, 0.5) is 0 Å². The van der Waals surface area contributed by atoms with E-state index in [-0.39, 0.29) is 0 Å². The first-order valence-corrected chi connectivity index (χ1v) is 7.55. The van der Waals surface area contributed by atoms with E-state index < -0.39 is 0 Å². The van der Waals surface area contributed by atoms with Crippen LogP contribution in [0.2, 0.25) is 0 Å². The minimum atomic E-state index is 0.733. The van der Waals surface area contributed by atoms with E-state index in [1.807, 2.05) is 0 Å². The van der Waals surface area contributed by atoms with Gasteiger partial charge in [0.25, 0.3) is 0 Å². The van der Waals surface area contributed by atoms with Crippen molar-refractivity contribution in [3.8, 4) is 5.75 Å². The zero-order valence-electron chi connectivity index (χ0n) is 13.4. The first-order chi connectivity index (χ1) is 9.63. The van der Waals surface area contributed by atoms with Gasteiger partial charge in [0.2, 0.25) is 0 Å². The second-order valence-corrected chi connectivity index (χ2v) is 5.67. The maximum absolute atomic E-state index is 5.93. The van der Waals surface area contributed by atoms with Gasteiger partial charge in [0.05, 0.1) is 13.2 Å². The minimum Gasteiger partial charge on any atom is -0.493 e. The van der Waals surface area contributed by atoms with E-state index in [4.69, 9.17) is 9.47 Å². The van der Waals surface area contributed by atoms with Crippen molar-refractivity contribution in [2.45, 2.75) is 40.2 Å². The van der Waals surface area contributed by atoms with Crippen LogP contribution in [-0.2, 0) is 11.3 Å². The standard InChI is InChI=1S/C17H29NO2/c1-14(2)6-5-10-20-17-8-7-15(3)12-16(17)13-18-9-11-19-4/h7-8,12,14,18H,5-6,9-11,13H2,1-4H3. The second kappa shape index (κ2) is 9.78. The van der Waals surface area contributed by atoms with Crippen LogP contribution in [0.3, 0.4) is 0 Å². The van der Waals surface area contributed by atoms with E-state index in [1.165, 1.54) is 17.5 Å². The number of hydrogen-bond donors (Lipinski definition) is 1. The fourth-order valence-electron chi connectivity index (χ4n) is 2.06. The molecule has 0 fully saturated rings. The molecule has 0 aliphatic heterocycles. The smallest absolute Gasteiger partial charge is 0.123 e. The molecule has 0 amide bonds. The van der Waals surface area contributed by atoms with Gasteiger partial charge < -0.3 is 14.8 Å². The van der Waals surface area contributed by atoms with Gasteiger partial charge in [-0.25, -0.2) is 0 Å². The zero-order valence-corrected chi connectivity index (χ0v) is 13.4. The van der Waals surface area contributed by atoms with Crippen LogP contribution in [0.25, 0.3) is 0 Å². The third-order valence-corrected chi connectivity index (χ3v) is 3.20. The summed E-state index contributed by atoms with van der Waals surface area (Å²) in [4.78, 5) is 0. The molecular formula is C17H29NO2. The summed E-state index contributed by atoms with van der Waals surface area (Å²) >= 11 is 0. The summed E-state index contributed by atoms with van der Waals surface area (Å²) in [6.45, 7) is 9.82. The molecule has 0 atom stereocenters. The predicted molar refractivity (Wildman–Crippen MR) is 84.3 cm³/mol. The van der Waals surface area contributed by atoms with Crippen molar-refractivity contribution < 1.29 is 9.47 Å². The van der Waals surface area contributed by atoms with Gasteiger partial charge in [0.1, 0.15) is 5.75 Å². The van der Waals surface area contributed by atoms with Gasteiger partial charge in [-0.15, -0.1) is 0 Å². The molecule has 0 aromatic heterocycles. The van der Waals surface area contributed by atoms with Gasteiger partial charge in [-0.05, 0) is 31.7 Å². The molecule has 0 radical (unpaired) electrons. The molecule has 1 N–H and O–H groups in total. The predicted octanol–water partition coefficient (Wildman–Crippen LogP) is 3.55.